The molecule has 2 N–H and O–H groups in total. The molecule has 0 amide bonds. The van der Waals surface area contributed by atoms with Crippen LogP contribution in [0, 0.1) is 11.8 Å². The van der Waals surface area contributed by atoms with Crippen molar-refractivity contribution >= 4 is 0 Å². The normalized spacial score (nSPS) is 41.5. The first kappa shape index (κ1) is 10.0. The van der Waals surface area contributed by atoms with Gasteiger partial charge in [-0.25, -0.2) is 0 Å². The second-order valence-corrected chi connectivity index (χ2v) is 4.58. The highest BCUT2D eigenvalue weighted by atomic mass is 16.3. The van der Waals surface area contributed by atoms with Gasteiger partial charge < -0.3 is 10.4 Å². The van der Waals surface area contributed by atoms with Gasteiger partial charge in [-0.2, -0.15) is 0 Å². The molecule has 1 aliphatic rings. The third-order valence-electron chi connectivity index (χ3n) is 3.27. The van der Waals surface area contributed by atoms with E-state index in [1.165, 1.54) is 0 Å². The highest BCUT2D eigenvalue weighted by molar-refractivity contribution is 5.05. The third kappa shape index (κ3) is 1.50. The first-order valence-corrected chi connectivity index (χ1v) is 4.90. The van der Waals surface area contributed by atoms with E-state index in [2.05, 4.69) is 33.0 Å². The van der Waals surface area contributed by atoms with E-state index < -0.39 is 0 Å². The Morgan fingerprint density at radius 3 is 2.33 bits per heavy atom. The van der Waals surface area contributed by atoms with Gasteiger partial charge in [0.05, 0.1) is 6.61 Å². The van der Waals surface area contributed by atoms with Crippen molar-refractivity contribution in [3.8, 4) is 0 Å². The Morgan fingerprint density at radius 1 is 1.50 bits per heavy atom. The first-order valence-electron chi connectivity index (χ1n) is 4.90. The van der Waals surface area contributed by atoms with Gasteiger partial charge >= 0.3 is 0 Å². The average molecular weight is 171 g/mol. The maximum Gasteiger partial charge on any atom is 0.0616 e. The molecule has 2 heteroatoms. The minimum absolute atomic E-state index is 0.0214. The number of aliphatic hydroxyl groups excluding tert-OH is 1. The fraction of sp³-hybridized carbons (Fsp3) is 1.00. The summed E-state index contributed by atoms with van der Waals surface area (Å²) in [4.78, 5) is 0. The number of hydrogen-bond donors (Lipinski definition) is 2. The fourth-order valence-electron chi connectivity index (χ4n) is 2.34. The molecular formula is C10H21NO. The highest BCUT2D eigenvalue weighted by Crippen LogP contribution is 2.43. The summed E-state index contributed by atoms with van der Waals surface area (Å²) in [7, 11) is 0. The maximum absolute atomic E-state index is 9.31. The molecule has 0 aromatic heterocycles. The molecule has 0 radical (unpaired) electrons. The number of nitrogens with one attached hydrogen (secondary N) is 1. The molecule has 72 valence electrons. The van der Waals surface area contributed by atoms with E-state index in [1.54, 1.807) is 0 Å². The minimum Gasteiger partial charge on any atom is -0.394 e. The molecule has 0 bridgehead atoms. The monoisotopic (exact) mass is 171 g/mol. The molecule has 2 nitrogen and oxygen atoms in total. The van der Waals surface area contributed by atoms with Crippen molar-refractivity contribution < 1.29 is 5.11 Å². The molecule has 0 heterocycles. The summed E-state index contributed by atoms with van der Waals surface area (Å²) >= 11 is 0. The van der Waals surface area contributed by atoms with Gasteiger partial charge in [0.25, 0.3) is 0 Å². The number of rotatable bonds is 3. The maximum atomic E-state index is 9.31. The molecular weight excluding hydrogens is 150 g/mol. The molecule has 3 atom stereocenters. The molecule has 1 rings (SSSR count). The van der Waals surface area contributed by atoms with Crippen LogP contribution >= 0.6 is 0 Å². The van der Waals surface area contributed by atoms with E-state index in [4.69, 9.17) is 0 Å². The lowest BCUT2D eigenvalue weighted by molar-refractivity contribution is -0.0230. The Labute approximate surface area is 75.4 Å². The topological polar surface area (TPSA) is 32.3 Å². The molecule has 0 saturated heterocycles. The van der Waals surface area contributed by atoms with Gasteiger partial charge in [-0.15, -0.1) is 0 Å². The van der Waals surface area contributed by atoms with Gasteiger partial charge in [-0.3, -0.25) is 0 Å². The fourth-order valence-corrected chi connectivity index (χ4v) is 2.34. The quantitative estimate of drug-likeness (QED) is 0.672. The molecule has 1 saturated carbocycles. The Morgan fingerprint density at radius 2 is 2.08 bits per heavy atom. The van der Waals surface area contributed by atoms with Crippen molar-refractivity contribution in [1.82, 2.24) is 5.32 Å². The summed E-state index contributed by atoms with van der Waals surface area (Å²) < 4.78 is 0. The van der Waals surface area contributed by atoms with Gasteiger partial charge in [-0.05, 0) is 18.3 Å². The summed E-state index contributed by atoms with van der Waals surface area (Å²) in [6.07, 6.45) is 1.11. The lowest BCUT2D eigenvalue weighted by Crippen LogP contribution is -2.65. The summed E-state index contributed by atoms with van der Waals surface area (Å²) in [5, 5.41) is 12.8. The zero-order valence-electron chi connectivity index (χ0n) is 8.59. The van der Waals surface area contributed by atoms with Crippen LogP contribution in [-0.4, -0.2) is 23.3 Å². The van der Waals surface area contributed by atoms with E-state index in [0.29, 0.717) is 12.0 Å². The molecule has 12 heavy (non-hydrogen) atoms. The summed E-state index contributed by atoms with van der Waals surface area (Å²) in [5.74, 6) is 1.35. The largest absolute Gasteiger partial charge is 0.394 e. The van der Waals surface area contributed by atoms with Crippen LogP contribution in [0.5, 0.6) is 0 Å². The summed E-state index contributed by atoms with van der Waals surface area (Å²) in [5.41, 5.74) is 0.0214. The summed E-state index contributed by atoms with van der Waals surface area (Å²) in [6, 6.07) is 0.465. The zero-order valence-corrected chi connectivity index (χ0v) is 8.59. The molecule has 0 aromatic carbocycles. The number of aliphatic hydroxyl groups is 1. The first-order chi connectivity index (χ1) is 5.52. The highest BCUT2D eigenvalue weighted by Gasteiger charge is 2.48. The Bertz CT molecular complexity index is 158. The Hall–Kier alpha value is -0.0800. The van der Waals surface area contributed by atoms with E-state index in [1.807, 2.05) is 0 Å². The van der Waals surface area contributed by atoms with E-state index in [-0.39, 0.29) is 12.1 Å². The van der Waals surface area contributed by atoms with Crippen LogP contribution in [0.25, 0.3) is 0 Å². The molecule has 3 unspecified atom stereocenters. The van der Waals surface area contributed by atoms with E-state index in [9.17, 15) is 5.11 Å². The SMILES string of the molecule is CC(C)NC1(CO)CC(C)C1C. The van der Waals surface area contributed by atoms with E-state index in [0.717, 1.165) is 12.3 Å². The average Bonchev–Trinajstić information content (AvgIpc) is 2.02. The zero-order chi connectivity index (χ0) is 9.35. The molecule has 0 aromatic rings. The Balaban J connectivity index is 2.54. The van der Waals surface area contributed by atoms with Gasteiger partial charge in [0.1, 0.15) is 0 Å². The Kier molecular flexibility index (Phi) is 2.79. The van der Waals surface area contributed by atoms with Crippen LogP contribution in [0.4, 0.5) is 0 Å². The van der Waals surface area contributed by atoms with Gasteiger partial charge in [-0.1, -0.05) is 27.7 Å². The van der Waals surface area contributed by atoms with Crippen LogP contribution in [0.2, 0.25) is 0 Å². The van der Waals surface area contributed by atoms with Crippen molar-refractivity contribution in [2.75, 3.05) is 6.61 Å². The second kappa shape index (κ2) is 3.35. The lowest BCUT2D eigenvalue weighted by Gasteiger charge is -2.53. The van der Waals surface area contributed by atoms with E-state index >= 15 is 0 Å². The van der Waals surface area contributed by atoms with Crippen molar-refractivity contribution in [3.05, 3.63) is 0 Å². The summed E-state index contributed by atoms with van der Waals surface area (Å²) in [6.45, 7) is 9.01. The molecule has 0 spiro atoms. The molecule has 1 aliphatic carbocycles. The van der Waals surface area contributed by atoms with Crippen molar-refractivity contribution in [1.29, 1.82) is 0 Å². The van der Waals surface area contributed by atoms with Crippen molar-refractivity contribution in [2.45, 2.75) is 45.7 Å². The second-order valence-electron chi connectivity index (χ2n) is 4.58. The van der Waals surface area contributed by atoms with Crippen molar-refractivity contribution in [2.24, 2.45) is 11.8 Å². The van der Waals surface area contributed by atoms with Crippen LogP contribution in [0.1, 0.15) is 34.1 Å². The van der Waals surface area contributed by atoms with Gasteiger partial charge in [0.15, 0.2) is 0 Å². The van der Waals surface area contributed by atoms with Crippen LogP contribution < -0.4 is 5.32 Å². The molecule has 0 aliphatic heterocycles. The smallest absolute Gasteiger partial charge is 0.0616 e. The van der Waals surface area contributed by atoms with Crippen LogP contribution in [-0.2, 0) is 0 Å². The van der Waals surface area contributed by atoms with Crippen LogP contribution in [0.15, 0.2) is 0 Å². The van der Waals surface area contributed by atoms with Gasteiger partial charge in [0, 0.05) is 11.6 Å². The third-order valence-corrected chi connectivity index (χ3v) is 3.27. The minimum atomic E-state index is 0.0214. The van der Waals surface area contributed by atoms with Gasteiger partial charge in [0.2, 0.25) is 0 Å². The number of hydrogen-bond acceptors (Lipinski definition) is 2. The predicted octanol–water partition coefficient (Wildman–Crippen LogP) is 1.39. The molecule has 1 fully saturated rings. The van der Waals surface area contributed by atoms with Crippen LogP contribution in [0.3, 0.4) is 0 Å². The predicted molar refractivity (Wildman–Crippen MR) is 51.0 cm³/mol. The van der Waals surface area contributed by atoms with Crippen molar-refractivity contribution in [3.63, 3.8) is 0 Å². The lowest BCUT2D eigenvalue weighted by atomic mass is 9.60. The standard InChI is InChI=1S/C10H21NO/c1-7(2)11-10(6-12)5-8(3)9(10)4/h7-9,11-12H,5-6H2,1-4H3.